The number of alkyl halides is 1. The molecule has 0 aromatic heterocycles. The highest BCUT2D eigenvalue weighted by Crippen LogP contribution is 2.35. The Morgan fingerprint density at radius 2 is 2.00 bits per heavy atom. The molecule has 0 saturated carbocycles. The topological polar surface area (TPSA) is 32.3 Å². The largest absolute Gasteiger partial charge is 0.323 e. The van der Waals surface area contributed by atoms with Gasteiger partial charge < -0.3 is 10.2 Å². The highest BCUT2D eigenvalue weighted by atomic mass is 79.9. The Morgan fingerprint density at radius 1 is 1.24 bits per heavy atom. The third-order valence-electron chi connectivity index (χ3n) is 3.56. The molecule has 3 rings (SSSR count). The molecule has 0 saturated heterocycles. The zero-order valence-electron chi connectivity index (χ0n) is 11.4. The summed E-state index contributed by atoms with van der Waals surface area (Å²) in [5, 5.41) is 3.60. The maximum absolute atomic E-state index is 11.6. The van der Waals surface area contributed by atoms with Crippen LogP contribution >= 0.6 is 27.5 Å². The van der Waals surface area contributed by atoms with Crippen molar-refractivity contribution in [3.05, 3.63) is 64.2 Å². The van der Waals surface area contributed by atoms with Crippen LogP contribution in [0, 0.1) is 0 Å². The van der Waals surface area contributed by atoms with Crippen molar-refractivity contribution in [3.63, 3.8) is 0 Å². The lowest BCUT2D eigenvalue weighted by molar-refractivity contribution is 0.218. The zero-order chi connectivity index (χ0) is 15.0. The summed E-state index contributed by atoms with van der Waals surface area (Å²) in [7, 11) is 1.79. The van der Waals surface area contributed by atoms with Crippen molar-refractivity contribution in [2.45, 2.75) is 11.4 Å². The minimum Gasteiger partial charge on any atom is -0.323 e. The van der Waals surface area contributed by atoms with Crippen molar-refractivity contribution >= 4 is 39.2 Å². The van der Waals surface area contributed by atoms with E-state index in [0.717, 1.165) is 27.4 Å². The molecule has 2 aromatic carbocycles. The quantitative estimate of drug-likeness (QED) is 0.762. The molecule has 1 N–H and O–H groups in total. The Balaban J connectivity index is 1.93. The second-order valence-electron chi connectivity index (χ2n) is 5.12. The minimum atomic E-state index is -0.0690. The van der Waals surface area contributed by atoms with E-state index >= 15 is 0 Å². The van der Waals surface area contributed by atoms with E-state index in [4.69, 9.17) is 11.6 Å². The Morgan fingerprint density at radius 3 is 2.76 bits per heavy atom. The van der Waals surface area contributed by atoms with Crippen LogP contribution in [0.1, 0.15) is 21.5 Å². The molecule has 0 spiro atoms. The molecule has 1 heterocycles. The van der Waals surface area contributed by atoms with Crippen LogP contribution in [-0.4, -0.2) is 18.0 Å². The summed E-state index contributed by atoms with van der Waals surface area (Å²) in [6, 6.07) is 13.8. The van der Waals surface area contributed by atoms with Gasteiger partial charge in [0.15, 0.2) is 0 Å². The average molecular weight is 366 g/mol. The first-order chi connectivity index (χ1) is 10.0. The number of halogens is 2. The first-order valence-electron chi connectivity index (χ1n) is 6.59. The smallest absolute Gasteiger partial charge is 0.321 e. The molecule has 0 aliphatic carbocycles. The third-order valence-corrected chi connectivity index (χ3v) is 4.85. The summed E-state index contributed by atoms with van der Waals surface area (Å²) in [6.45, 7) is 0.615. The molecule has 108 valence electrons. The Hall–Kier alpha value is -1.52. The maximum Gasteiger partial charge on any atom is 0.321 e. The number of benzene rings is 2. The first-order valence-corrected chi connectivity index (χ1v) is 7.88. The van der Waals surface area contributed by atoms with Gasteiger partial charge in [-0.3, -0.25) is 0 Å². The molecule has 3 nitrogen and oxygen atoms in total. The van der Waals surface area contributed by atoms with Gasteiger partial charge in [0, 0.05) is 24.3 Å². The van der Waals surface area contributed by atoms with Crippen molar-refractivity contribution < 1.29 is 4.79 Å². The summed E-state index contributed by atoms with van der Waals surface area (Å²) in [6.07, 6.45) is 0. The molecule has 0 bridgehead atoms. The lowest BCUT2D eigenvalue weighted by Crippen LogP contribution is -2.35. The van der Waals surface area contributed by atoms with Gasteiger partial charge >= 0.3 is 6.03 Å². The molecule has 2 amide bonds. The molecule has 0 fully saturated rings. The molecule has 1 atom stereocenters. The predicted octanol–water partition coefficient (Wildman–Crippen LogP) is 4.80. The molecule has 1 unspecified atom stereocenters. The fraction of sp³-hybridized carbons (Fsp3) is 0.188. The lowest BCUT2D eigenvalue weighted by atomic mass is 10.0. The number of hydrogen-bond donors (Lipinski definition) is 1. The van der Waals surface area contributed by atoms with Crippen LogP contribution < -0.4 is 5.32 Å². The van der Waals surface area contributed by atoms with Gasteiger partial charge in [0.2, 0.25) is 0 Å². The molecule has 0 radical (unpaired) electrons. The minimum absolute atomic E-state index is 0.0690. The number of rotatable bonds is 2. The highest BCUT2D eigenvalue weighted by molar-refractivity contribution is 9.09. The summed E-state index contributed by atoms with van der Waals surface area (Å²) < 4.78 is 0. The number of urea groups is 1. The number of nitrogens with one attached hydrogen (secondary N) is 1. The molecule has 1 aliphatic rings. The molecule has 2 aromatic rings. The van der Waals surface area contributed by atoms with Crippen molar-refractivity contribution in [2.75, 3.05) is 12.4 Å². The third kappa shape index (κ3) is 2.92. The van der Waals surface area contributed by atoms with Crippen molar-refractivity contribution in [2.24, 2.45) is 0 Å². The number of nitrogens with zero attached hydrogens (tertiary/aromatic N) is 1. The number of carbonyl (C=O) groups excluding carboxylic acids is 1. The summed E-state index contributed by atoms with van der Waals surface area (Å²) >= 11 is 9.78. The van der Waals surface area contributed by atoms with E-state index in [1.807, 2.05) is 36.4 Å². The van der Waals surface area contributed by atoms with Gasteiger partial charge in [0.25, 0.3) is 0 Å². The average Bonchev–Trinajstić information content (AvgIpc) is 2.47. The van der Waals surface area contributed by atoms with Crippen LogP contribution in [-0.2, 0) is 6.54 Å². The first kappa shape index (κ1) is 14.4. The maximum atomic E-state index is 11.6. The van der Waals surface area contributed by atoms with E-state index in [2.05, 4.69) is 27.3 Å². The fourth-order valence-electron chi connectivity index (χ4n) is 2.42. The van der Waals surface area contributed by atoms with Gasteiger partial charge in [-0.2, -0.15) is 0 Å². The van der Waals surface area contributed by atoms with E-state index in [1.165, 1.54) is 0 Å². The fourth-order valence-corrected chi connectivity index (χ4v) is 3.19. The van der Waals surface area contributed by atoms with E-state index in [9.17, 15) is 4.79 Å². The van der Waals surface area contributed by atoms with Crippen LogP contribution in [0.3, 0.4) is 0 Å². The van der Waals surface area contributed by atoms with Crippen LogP contribution in [0.15, 0.2) is 42.5 Å². The number of fused-ring (bicyclic) bond motifs is 1. The summed E-state index contributed by atoms with van der Waals surface area (Å²) in [5.74, 6) is 0. The molecule has 21 heavy (non-hydrogen) atoms. The van der Waals surface area contributed by atoms with Crippen LogP contribution in [0.2, 0.25) is 5.02 Å². The van der Waals surface area contributed by atoms with Crippen molar-refractivity contribution in [3.8, 4) is 0 Å². The van der Waals surface area contributed by atoms with Crippen molar-refractivity contribution in [1.29, 1.82) is 0 Å². The number of amides is 2. The lowest BCUT2D eigenvalue weighted by Gasteiger charge is -2.26. The number of carbonyl (C=O) groups is 1. The van der Waals surface area contributed by atoms with E-state index in [1.54, 1.807) is 11.9 Å². The second-order valence-corrected chi connectivity index (χ2v) is 6.47. The Labute approximate surface area is 137 Å². The van der Waals surface area contributed by atoms with E-state index in [-0.39, 0.29) is 10.9 Å². The number of anilines is 1. The SMILES string of the molecule is CN1Cc2cc(C(Br)c3cccc(Cl)c3)ccc2NC1=O. The second kappa shape index (κ2) is 5.70. The van der Waals surface area contributed by atoms with Gasteiger partial charge in [-0.1, -0.05) is 51.8 Å². The summed E-state index contributed by atoms with van der Waals surface area (Å²) in [5.41, 5.74) is 4.24. The van der Waals surface area contributed by atoms with E-state index < -0.39 is 0 Å². The molecule has 5 heteroatoms. The van der Waals surface area contributed by atoms with Gasteiger partial charge in [0.1, 0.15) is 0 Å². The number of hydrogen-bond acceptors (Lipinski definition) is 1. The zero-order valence-corrected chi connectivity index (χ0v) is 13.8. The standard InChI is InChI=1S/C16H14BrClN2O/c1-20-9-12-7-11(5-6-14(12)19-16(20)21)15(17)10-3-2-4-13(18)8-10/h2-8,15H,9H2,1H3,(H,19,21). The van der Waals surface area contributed by atoms with Gasteiger partial charge in [-0.15, -0.1) is 0 Å². The van der Waals surface area contributed by atoms with E-state index in [0.29, 0.717) is 6.54 Å². The van der Waals surface area contributed by atoms with Gasteiger partial charge in [-0.05, 0) is 34.9 Å². The van der Waals surface area contributed by atoms with Gasteiger partial charge in [-0.25, -0.2) is 4.79 Å². The Kier molecular flexibility index (Phi) is 3.91. The summed E-state index contributed by atoms with van der Waals surface area (Å²) in [4.78, 5) is 13.4. The predicted molar refractivity (Wildman–Crippen MR) is 89.1 cm³/mol. The monoisotopic (exact) mass is 364 g/mol. The van der Waals surface area contributed by atoms with Crippen LogP contribution in [0.4, 0.5) is 10.5 Å². The van der Waals surface area contributed by atoms with Crippen molar-refractivity contribution in [1.82, 2.24) is 4.90 Å². The molecular formula is C16H14BrClN2O. The Bertz CT molecular complexity index is 704. The normalized spacial score (nSPS) is 15.4. The van der Waals surface area contributed by atoms with Gasteiger partial charge in [0.05, 0.1) is 4.83 Å². The molecule has 1 aliphatic heterocycles. The van der Waals surface area contributed by atoms with Crippen LogP contribution in [0.5, 0.6) is 0 Å². The highest BCUT2D eigenvalue weighted by Gasteiger charge is 2.20. The molecular weight excluding hydrogens is 352 g/mol. The van der Waals surface area contributed by atoms with Crippen LogP contribution in [0.25, 0.3) is 0 Å².